The number of carbonyl (C=O) groups is 3. The van der Waals surface area contributed by atoms with E-state index in [9.17, 15) is 28.7 Å². The molecule has 0 spiro atoms. The summed E-state index contributed by atoms with van der Waals surface area (Å²) in [5, 5.41) is 24.9. The fourth-order valence-corrected chi connectivity index (χ4v) is 6.62. The van der Waals surface area contributed by atoms with Gasteiger partial charge < -0.3 is 25.5 Å². The molecule has 2 aromatic heterocycles. The number of aromatic hydroxyl groups is 1. The fourth-order valence-electron chi connectivity index (χ4n) is 6.62. The summed E-state index contributed by atoms with van der Waals surface area (Å²) in [6.45, 7) is 7.91. The molecule has 4 aliphatic rings. The first-order chi connectivity index (χ1) is 22.3. The molecule has 3 N–H and O–H groups in total. The Morgan fingerprint density at radius 1 is 1.13 bits per heavy atom. The van der Waals surface area contributed by atoms with E-state index in [1.807, 2.05) is 7.05 Å². The van der Waals surface area contributed by atoms with Crippen LogP contribution in [0, 0.1) is 18.7 Å². The van der Waals surface area contributed by atoms with Crippen molar-refractivity contribution < 1.29 is 23.9 Å². The molecule has 1 saturated heterocycles. The van der Waals surface area contributed by atoms with Gasteiger partial charge in [0.15, 0.2) is 11.4 Å². The Kier molecular flexibility index (Phi) is 8.36. The smallest absolute Gasteiger partial charge is 0.296 e. The minimum absolute atomic E-state index is 0.0227. The van der Waals surface area contributed by atoms with E-state index in [1.165, 1.54) is 27.6 Å². The number of amides is 3. The van der Waals surface area contributed by atoms with Gasteiger partial charge in [0, 0.05) is 39.3 Å². The number of carbonyl (C=O) groups excluding carboxylic acids is 3. The van der Waals surface area contributed by atoms with Crippen LogP contribution in [0.25, 0.3) is 0 Å². The van der Waals surface area contributed by atoms with Crippen LogP contribution in [0.1, 0.15) is 77.5 Å². The molecule has 3 amide bonds. The van der Waals surface area contributed by atoms with Crippen LogP contribution >= 0.6 is 0 Å². The Balaban J connectivity index is 1.26. The molecule has 14 nitrogen and oxygen atoms in total. The van der Waals surface area contributed by atoms with Gasteiger partial charge in [-0.2, -0.15) is 0 Å². The fraction of sp³-hybridized carbons (Fsp3) is 0.531. The third-order valence-corrected chi connectivity index (χ3v) is 9.85. The molecule has 2 fully saturated rings. The molecule has 0 radical (unpaired) electrons. The van der Waals surface area contributed by atoms with Crippen molar-refractivity contribution in [2.45, 2.75) is 70.6 Å². The highest BCUT2D eigenvalue weighted by molar-refractivity contribution is 5.95. The van der Waals surface area contributed by atoms with Gasteiger partial charge in [-0.25, -0.2) is 14.1 Å². The molecule has 1 aliphatic carbocycles. The molecular formula is C32H40FN9O5. The second kappa shape index (κ2) is 12.2. The van der Waals surface area contributed by atoms with Crippen molar-refractivity contribution in [3.05, 3.63) is 68.9 Å². The Hall–Kier alpha value is -4.66. The average Bonchev–Trinajstić information content (AvgIpc) is 3.45. The predicted octanol–water partition coefficient (Wildman–Crippen LogP) is 1.26. The first kappa shape index (κ1) is 32.3. The summed E-state index contributed by atoms with van der Waals surface area (Å²) in [6, 6.07) is 4.44. The molecule has 1 saturated carbocycles. The summed E-state index contributed by atoms with van der Waals surface area (Å²) in [5.74, 6) is -2.26. The van der Waals surface area contributed by atoms with Gasteiger partial charge >= 0.3 is 0 Å². The standard InChI is InChI=1S/C32H40FN9O5/c1-19-15-21(5-6-22(19)33)16-34-26(44)24-25(43)28(46)41-17-20-7-9-32(10-8-20,29(41)35-24)36-30(47)31(2,3)42-18-23(37-38-42)27(45)40-13-11-39(4)12-14-40/h5-6,15,18,20,43H,7-14,16-17H2,1-4H3,(H,34,44)(H,36,47). The van der Waals surface area contributed by atoms with Gasteiger partial charge in [-0.05, 0) is 76.6 Å². The lowest BCUT2D eigenvalue weighted by molar-refractivity contribution is -0.131. The molecule has 2 bridgehead atoms. The lowest BCUT2D eigenvalue weighted by Crippen LogP contribution is -2.55. The molecule has 250 valence electrons. The second-order valence-electron chi connectivity index (χ2n) is 13.5. The van der Waals surface area contributed by atoms with Crippen molar-refractivity contribution in [1.29, 1.82) is 0 Å². The average molecular weight is 650 g/mol. The highest BCUT2D eigenvalue weighted by Crippen LogP contribution is 2.43. The van der Waals surface area contributed by atoms with Gasteiger partial charge in [0.05, 0.1) is 11.7 Å². The normalized spacial score (nSPS) is 21.2. The third-order valence-electron chi connectivity index (χ3n) is 9.85. The first-order valence-corrected chi connectivity index (χ1v) is 15.9. The van der Waals surface area contributed by atoms with Gasteiger partial charge in [-0.3, -0.25) is 23.7 Å². The SMILES string of the molecule is Cc1cc(CNC(=O)c2nc3n(c(=O)c2O)CC2CCC3(NC(=O)C(C)(C)n3cc(C(=O)N4CCN(C)CC4)nn3)CC2)ccc1F. The molecule has 0 atom stereocenters. The number of piperazine rings is 1. The number of benzene rings is 1. The van der Waals surface area contributed by atoms with Crippen LogP contribution in [-0.4, -0.2) is 90.4 Å². The Labute approximate surface area is 270 Å². The van der Waals surface area contributed by atoms with E-state index in [4.69, 9.17) is 0 Å². The third kappa shape index (κ3) is 5.99. The van der Waals surface area contributed by atoms with Crippen LogP contribution in [0.5, 0.6) is 5.75 Å². The maximum atomic E-state index is 14.1. The first-order valence-electron chi connectivity index (χ1n) is 15.9. The van der Waals surface area contributed by atoms with Crippen molar-refractivity contribution >= 4 is 17.7 Å². The number of nitrogens with zero attached hydrogens (tertiary/aromatic N) is 7. The van der Waals surface area contributed by atoms with Crippen molar-refractivity contribution in [3.8, 4) is 5.75 Å². The Morgan fingerprint density at radius 3 is 2.51 bits per heavy atom. The molecule has 7 rings (SSSR count). The number of halogens is 1. The maximum Gasteiger partial charge on any atom is 0.296 e. The summed E-state index contributed by atoms with van der Waals surface area (Å²) in [7, 11) is 2.00. The lowest BCUT2D eigenvalue weighted by Gasteiger charge is -2.39. The van der Waals surface area contributed by atoms with Gasteiger partial charge in [-0.15, -0.1) is 5.10 Å². The number of aryl methyl sites for hydroxylation is 1. The van der Waals surface area contributed by atoms with Crippen LogP contribution in [0.3, 0.4) is 0 Å². The van der Waals surface area contributed by atoms with Crippen LogP contribution in [-0.2, 0) is 29.0 Å². The molecule has 15 heteroatoms. The van der Waals surface area contributed by atoms with E-state index in [0.717, 1.165) is 13.1 Å². The van der Waals surface area contributed by atoms with Gasteiger partial charge in [-0.1, -0.05) is 17.3 Å². The zero-order valence-corrected chi connectivity index (χ0v) is 27.0. The molecular weight excluding hydrogens is 609 g/mol. The predicted molar refractivity (Wildman–Crippen MR) is 167 cm³/mol. The molecule has 3 aromatic rings. The highest BCUT2D eigenvalue weighted by atomic mass is 19.1. The summed E-state index contributed by atoms with van der Waals surface area (Å²) < 4.78 is 16.4. The number of aromatic nitrogens is 5. The second-order valence-corrected chi connectivity index (χ2v) is 13.5. The topological polar surface area (TPSA) is 168 Å². The van der Waals surface area contributed by atoms with Crippen molar-refractivity contribution in [2.24, 2.45) is 5.92 Å². The highest BCUT2D eigenvalue weighted by Gasteiger charge is 2.48. The van der Waals surface area contributed by atoms with Crippen molar-refractivity contribution in [3.63, 3.8) is 0 Å². The minimum atomic E-state index is -1.29. The van der Waals surface area contributed by atoms with E-state index >= 15 is 0 Å². The van der Waals surface area contributed by atoms with Gasteiger partial charge in [0.1, 0.15) is 17.2 Å². The molecule has 3 aliphatic heterocycles. The Morgan fingerprint density at radius 2 is 1.83 bits per heavy atom. The molecule has 5 heterocycles. The Bertz CT molecular complexity index is 1790. The van der Waals surface area contributed by atoms with Gasteiger partial charge in [0.25, 0.3) is 17.4 Å². The van der Waals surface area contributed by atoms with Crippen molar-refractivity contribution in [1.82, 2.24) is 45.0 Å². The lowest BCUT2D eigenvalue weighted by atomic mass is 9.77. The number of rotatable bonds is 7. The van der Waals surface area contributed by atoms with Crippen molar-refractivity contribution in [2.75, 3.05) is 33.2 Å². The van der Waals surface area contributed by atoms with E-state index in [1.54, 1.807) is 31.7 Å². The maximum absolute atomic E-state index is 14.1. The van der Waals surface area contributed by atoms with Crippen LogP contribution in [0.2, 0.25) is 0 Å². The van der Waals surface area contributed by atoms with E-state index in [-0.39, 0.29) is 35.7 Å². The van der Waals surface area contributed by atoms with E-state index in [2.05, 4.69) is 30.8 Å². The summed E-state index contributed by atoms with van der Waals surface area (Å²) >= 11 is 0. The minimum Gasteiger partial charge on any atom is -0.501 e. The summed E-state index contributed by atoms with van der Waals surface area (Å²) in [5.41, 5.74) is -2.40. The molecule has 1 aromatic carbocycles. The largest absolute Gasteiger partial charge is 0.501 e. The quantitative estimate of drug-likeness (QED) is 0.341. The monoisotopic (exact) mass is 649 g/mol. The summed E-state index contributed by atoms with van der Waals surface area (Å²) in [6.07, 6.45) is 3.81. The van der Waals surface area contributed by atoms with E-state index < -0.39 is 39.9 Å². The number of likely N-dealkylation sites (N-methyl/N-ethyl adjacent to an activating group) is 1. The number of hydrogen-bond donors (Lipinski definition) is 3. The molecule has 0 unspecified atom stereocenters. The zero-order chi connectivity index (χ0) is 33.7. The number of nitrogens with one attached hydrogen (secondary N) is 2. The summed E-state index contributed by atoms with van der Waals surface area (Å²) in [4.78, 5) is 62.4. The number of fused-ring (bicyclic) bond motifs is 2. The van der Waals surface area contributed by atoms with Gasteiger partial charge in [0.2, 0.25) is 11.7 Å². The number of hydrogen-bond acceptors (Lipinski definition) is 9. The van der Waals surface area contributed by atoms with Crippen LogP contribution in [0.15, 0.2) is 29.2 Å². The zero-order valence-electron chi connectivity index (χ0n) is 27.0. The van der Waals surface area contributed by atoms with Crippen LogP contribution < -0.4 is 16.2 Å². The molecule has 47 heavy (non-hydrogen) atoms. The van der Waals surface area contributed by atoms with Crippen LogP contribution in [0.4, 0.5) is 4.39 Å². The van der Waals surface area contributed by atoms with E-state index in [0.29, 0.717) is 56.4 Å².